The summed E-state index contributed by atoms with van der Waals surface area (Å²) in [5.41, 5.74) is 3.78. The zero-order chi connectivity index (χ0) is 28.1. The summed E-state index contributed by atoms with van der Waals surface area (Å²) in [4.78, 5) is 34.8. The van der Waals surface area contributed by atoms with Crippen molar-refractivity contribution in [1.82, 2.24) is 24.6 Å². The predicted molar refractivity (Wildman–Crippen MR) is 152 cm³/mol. The summed E-state index contributed by atoms with van der Waals surface area (Å²) in [5, 5.41) is 7.51. The normalized spacial score (nSPS) is 17.5. The Balaban J connectivity index is 1.63. The molecule has 4 rings (SSSR count). The molecule has 2 amide bonds. The molecule has 0 unspecified atom stereocenters. The molecule has 0 fully saturated rings. The maximum atomic E-state index is 13.7. The quantitative estimate of drug-likeness (QED) is 0.432. The number of pyridine rings is 1. The predicted octanol–water partition coefficient (Wildman–Crippen LogP) is 4.63. The van der Waals surface area contributed by atoms with Crippen LogP contribution < -0.4 is 10.1 Å². The van der Waals surface area contributed by atoms with Crippen LogP contribution in [-0.4, -0.2) is 68.7 Å². The summed E-state index contributed by atoms with van der Waals surface area (Å²) in [5.74, 6) is 0.0794. The lowest BCUT2D eigenvalue weighted by atomic mass is 9.99. The smallest absolute Gasteiger partial charge is 0.257 e. The van der Waals surface area contributed by atoms with Crippen molar-refractivity contribution < 1.29 is 14.3 Å². The van der Waals surface area contributed by atoms with E-state index in [0.29, 0.717) is 35.7 Å². The number of hydrogen-bond acceptors (Lipinski definition) is 6. The van der Waals surface area contributed by atoms with Gasteiger partial charge < -0.3 is 15.0 Å². The van der Waals surface area contributed by atoms with E-state index in [1.165, 1.54) is 11.3 Å². The molecule has 2 atom stereocenters. The van der Waals surface area contributed by atoms with Crippen molar-refractivity contribution in [3.8, 4) is 5.75 Å². The van der Waals surface area contributed by atoms with Crippen LogP contribution in [0.3, 0.4) is 0 Å². The fourth-order valence-electron chi connectivity index (χ4n) is 4.96. The summed E-state index contributed by atoms with van der Waals surface area (Å²) in [6.07, 6.45) is 5.92. The van der Waals surface area contributed by atoms with Crippen molar-refractivity contribution in [2.24, 2.45) is 5.92 Å². The first-order chi connectivity index (χ1) is 18.7. The Morgan fingerprint density at radius 3 is 2.67 bits per heavy atom. The van der Waals surface area contributed by atoms with Gasteiger partial charge in [0.2, 0.25) is 0 Å². The van der Waals surface area contributed by atoms with Crippen LogP contribution in [0, 0.1) is 12.8 Å². The average Bonchev–Trinajstić information content (AvgIpc) is 3.25. The van der Waals surface area contributed by atoms with E-state index in [1.54, 1.807) is 42.7 Å². The molecule has 2 aromatic heterocycles. The van der Waals surface area contributed by atoms with Crippen molar-refractivity contribution in [2.45, 2.75) is 66.3 Å². The number of fused-ring (bicyclic) bond motifs is 1. The Morgan fingerprint density at radius 1 is 1.23 bits per heavy atom. The van der Waals surface area contributed by atoms with Crippen molar-refractivity contribution in [2.75, 3.05) is 25.5 Å². The highest BCUT2D eigenvalue weighted by Crippen LogP contribution is 2.35. The van der Waals surface area contributed by atoms with Gasteiger partial charge in [0.25, 0.3) is 11.8 Å². The molecule has 9 heteroatoms. The number of aromatic nitrogens is 3. The third-order valence-electron chi connectivity index (χ3n) is 7.28. The number of carbonyl (C=O) groups excluding carboxylic acids is 2. The van der Waals surface area contributed by atoms with E-state index in [0.717, 1.165) is 19.5 Å². The van der Waals surface area contributed by atoms with Crippen molar-refractivity contribution >= 4 is 17.5 Å². The summed E-state index contributed by atoms with van der Waals surface area (Å²) in [7, 11) is 2.08. The molecule has 0 spiro atoms. The van der Waals surface area contributed by atoms with Crippen LogP contribution >= 0.6 is 0 Å². The number of amides is 2. The molecule has 208 valence electrons. The number of aryl methyl sites for hydroxylation is 1. The highest BCUT2D eigenvalue weighted by molar-refractivity contribution is 6.07. The topological polar surface area (TPSA) is 92.6 Å². The van der Waals surface area contributed by atoms with Crippen LogP contribution in [0.1, 0.15) is 66.1 Å². The van der Waals surface area contributed by atoms with Crippen LogP contribution in [0.4, 0.5) is 5.69 Å². The second-order valence-electron chi connectivity index (χ2n) is 10.7. The molecule has 39 heavy (non-hydrogen) atoms. The highest BCUT2D eigenvalue weighted by atomic mass is 16.5. The number of hydrogen-bond donors (Lipinski definition) is 1. The van der Waals surface area contributed by atoms with Crippen molar-refractivity contribution in [3.05, 3.63) is 71.3 Å². The fraction of sp³-hybridized carbons (Fsp3) is 0.467. The maximum Gasteiger partial charge on any atom is 0.257 e. The SMILES string of the molecule is CCCn1ncc(CN(C)C[C@H]2Oc3c(NC(=O)c4ccncc4)cccc3C(=O)N(C(C)C)C[C@@H]2C)c1C. The third-order valence-corrected chi connectivity index (χ3v) is 7.28. The van der Waals surface area contributed by atoms with Gasteiger partial charge in [0.15, 0.2) is 5.75 Å². The molecule has 0 saturated heterocycles. The lowest BCUT2D eigenvalue weighted by Gasteiger charge is -2.38. The van der Waals surface area contributed by atoms with Gasteiger partial charge in [-0.1, -0.05) is 19.9 Å². The molecule has 3 heterocycles. The molecule has 1 aliphatic rings. The number of nitrogens with zero attached hydrogens (tertiary/aromatic N) is 5. The monoisotopic (exact) mass is 532 g/mol. The number of rotatable bonds is 9. The molecular formula is C30H40N6O3. The molecule has 3 aromatic rings. The molecule has 0 radical (unpaired) electrons. The van der Waals surface area contributed by atoms with Gasteiger partial charge in [0.1, 0.15) is 6.10 Å². The number of anilines is 1. The number of carbonyl (C=O) groups is 2. The van der Waals surface area contributed by atoms with Crippen molar-refractivity contribution in [1.29, 1.82) is 0 Å². The van der Waals surface area contributed by atoms with Gasteiger partial charge in [-0.3, -0.25) is 24.2 Å². The summed E-state index contributed by atoms with van der Waals surface area (Å²) >= 11 is 0. The van der Waals surface area contributed by atoms with Crippen LogP contribution in [0.25, 0.3) is 0 Å². The van der Waals surface area contributed by atoms with Crippen LogP contribution in [-0.2, 0) is 13.1 Å². The van der Waals surface area contributed by atoms with Gasteiger partial charge in [-0.2, -0.15) is 5.10 Å². The van der Waals surface area contributed by atoms with Crippen LogP contribution in [0.5, 0.6) is 5.75 Å². The Hall–Kier alpha value is -3.72. The Bertz CT molecular complexity index is 1290. The lowest BCUT2D eigenvalue weighted by Crippen LogP contribution is -2.48. The Kier molecular flexibility index (Phi) is 9.01. The second-order valence-corrected chi connectivity index (χ2v) is 10.7. The van der Waals surface area contributed by atoms with Gasteiger partial charge in [-0.05, 0) is 58.5 Å². The van der Waals surface area contributed by atoms with Crippen LogP contribution in [0.15, 0.2) is 48.9 Å². The number of nitrogens with one attached hydrogen (secondary N) is 1. The Morgan fingerprint density at radius 2 is 1.97 bits per heavy atom. The molecule has 1 aliphatic heterocycles. The number of benzene rings is 1. The Labute approximate surface area is 231 Å². The van der Waals surface area contributed by atoms with E-state index in [4.69, 9.17) is 4.74 Å². The molecule has 9 nitrogen and oxygen atoms in total. The maximum absolute atomic E-state index is 13.7. The van der Waals surface area contributed by atoms with Gasteiger partial charge in [-0.15, -0.1) is 0 Å². The minimum atomic E-state index is -0.286. The van der Waals surface area contributed by atoms with E-state index < -0.39 is 0 Å². The lowest BCUT2D eigenvalue weighted by molar-refractivity contribution is 0.0432. The molecule has 1 aromatic carbocycles. The minimum absolute atomic E-state index is 0.0198. The van der Waals surface area contributed by atoms with E-state index >= 15 is 0 Å². The van der Waals surface area contributed by atoms with Gasteiger partial charge >= 0.3 is 0 Å². The number of para-hydroxylation sites is 1. The highest BCUT2D eigenvalue weighted by Gasteiger charge is 2.34. The number of likely N-dealkylation sites (N-methyl/N-ethyl adjacent to an activating group) is 1. The van der Waals surface area contributed by atoms with Crippen LogP contribution in [0.2, 0.25) is 0 Å². The summed E-state index contributed by atoms with van der Waals surface area (Å²) in [6, 6.07) is 8.66. The zero-order valence-electron chi connectivity index (χ0n) is 23.8. The fourth-order valence-corrected chi connectivity index (χ4v) is 4.96. The first-order valence-corrected chi connectivity index (χ1v) is 13.7. The van der Waals surface area contributed by atoms with E-state index in [1.807, 2.05) is 24.9 Å². The minimum Gasteiger partial charge on any atom is -0.486 e. The number of ether oxygens (including phenoxy) is 1. The third kappa shape index (κ3) is 6.47. The van der Waals surface area contributed by atoms with E-state index in [9.17, 15) is 9.59 Å². The zero-order valence-corrected chi connectivity index (χ0v) is 23.8. The molecule has 0 aliphatic carbocycles. The van der Waals surface area contributed by atoms with Gasteiger partial charge in [0.05, 0.1) is 17.4 Å². The van der Waals surface area contributed by atoms with Crippen molar-refractivity contribution in [3.63, 3.8) is 0 Å². The summed E-state index contributed by atoms with van der Waals surface area (Å²) < 4.78 is 8.71. The van der Waals surface area contributed by atoms with Gasteiger partial charge in [0, 0.05) is 67.4 Å². The van der Waals surface area contributed by atoms with Gasteiger partial charge in [-0.25, -0.2) is 0 Å². The molecule has 0 saturated carbocycles. The standard InChI is InChI=1S/C30H40N6O3/c1-7-15-36-22(5)24(16-32-36)18-34(6)19-27-21(4)17-35(20(2)3)30(38)25-9-8-10-26(28(25)39-27)33-29(37)23-11-13-31-14-12-23/h8-14,16,20-21,27H,7,15,17-19H2,1-6H3,(H,33,37)/t21-,27+/m0/s1. The first kappa shape index (κ1) is 28.3. The molecule has 0 bridgehead atoms. The first-order valence-electron chi connectivity index (χ1n) is 13.7. The molecular weight excluding hydrogens is 492 g/mol. The van der Waals surface area contributed by atoms with E-state index in [-0.39, 0.29) is 29.9 Å². The largest absolute Gasteiger partial charge is 0.486 e. The summed E-state index contributed by atoms with van der Waals surface area (Å²) in [6.45, 7) is 13.3. The molecule has 1 N–H and O–H groups in total. The van der Waals surface area contributed by atoms with E-state index in [2.05, 4.69) is 52.8 Å². The average molecular weight is 533 g/mol. The second kappa shape index (κ2) is 12.4.